The monoisotopic (exact) mass is 804 g/mol. The van der Waals surface area contributed by atoms with Crippen molar-refractivity contribution < 1.29 is 137 Å². The number of alkyl halides is 29. The number of carbonyl (C=O) groups excluding carboxylic acids is 1. The first-order valence-electron chi connectivity index (χ1n) is 10.4. The normalized spacial score (nSPS) is 17.5. The quantitative estimate of drug-likeness (QED) is 0.105. The van der Waals surface area contributed by atoms with Gasteiger partial charge in [0.05, 0.1) is 0 Å². The van der Waals surface area contributed by atoms with Gasteiger partial charge in [-0.2, -0.15) is 127 Å². The molecular weight excluding hydrogens is 799 g/mol. The Labute approximate surface area is 246 Å². The summed E-state index contributed by atoms with van der Waals surface area (Å²) in [4.78, 5) is 11.0. The summed E-state index contributed by atoms with van der Waals surface area (Å²) in [6.45, 7) is 2.19. The first-order valence-corrected chi connectivity index (χ1v) is 10.4. The zero-order valence-corrected chi connectivity index (χ0v) is 21.5. The lowest BCUT2D eigenvalue weighted by Crippen LogP contribution is -2.79. The largest absolute Gasteiger partial charge is 0.467 e. The van der Waals surface area contributed by atoms with E-state index in [1.54, 1.807) is 0 Å². The summed E-state index contributed by atoms with van der Waals surface area (Å²) < 4.78 is 391. The zero-order chi connectivity index (χ0) is 40.9. The second-order valence-electron chi connectivity index (χ2n) is 9.08. The molecule has 0 aliphatic heterocycles. The van der Waals surface area contributed by atoms with E-state index in [4.69, 9.17) is 0 Å². The Morgan fingerprint density at radius 3 is 0.694 bits per heavy atom. The highest BCUT2D eigenvalue weighted by atomic mass is 19.4. The molecule has 0 saturated heterocycles. The van der Waals surface area contributed by atoms with Crippen LogP contribution in [0.5, 0.6) is 0 Å². The van der Waals surface area contributed by atoms with Crippen molar-refractivity contribution in [2.45, 2.75) is 90.3 Å². The molecule has 0 aromatic rings. The van der Waals surface area contributed by atoms with Crippen LogP contribution in [0.3, 0.4) is 0 Å². The van der Waals surface area contributed by atoms with Gasteiger partial charge in [-0.05, 0) is 6.92 Å². The molecule has 0 N–H and O–H groups in total. The molecule has 0 spiro atoms. The predicted molar refractivity (Wildman–Crippen MR) is 91.3 cm³/mol. The number of esters is 1. The third-order valence-corrected chi connectivity index (χ3v) is 5.65. The van der Waals surface area contributed by atoms with Crippen LogP contribution < -0.4 is 0 Å². The molecule has 0 aromatic heterocycles. The summed E-state index contributed by atoms with van der Waals surface area (Å²) in [7, 11) is 0. The van der Waals surface area contributed by atoms with E-state index in [0.29, 0.717) is 0 Å². The van der Waals surface area contributed by atoms with Crippen molar-refractivity contribution in [1.29, 1.82) is 0 Å². The maximum Gasteiger partial charge on any atom is 0.467 e. The van der Waals surface area contributed by atoms with E-state index >= 15 is 0 Å². The van der Waals surface area contributed by atoms with E-state index in [9.17, 15) is 132 Å². The SMILES string of the molecule is C=C(C)C(=O)OC(F)(C(F)(F)F)C(F)(F)C(F)(F)C(F)(F)C(F)(F)C(F)(F)C(F)(F)C(F)(F)C(F)(F)C(F)(F)C(F)(F)C(F)(F)C(F)(F)F. The van der Waals surface area contributed by atoms with Crippen LogP contribution in [0, 0.1) is 0 Å². The van der Waals surface area contributed by atoms with Crippen molar-refractivity contribution in [2.75, 3.05) is 0 Å². The third-order valence-electron chi connectivity index (χ3n) is 5.65. The molecule has 1 unspecified atom stereocenters. The molecule has 0 bridgehead atoms. The molecular formula is C18H5F29O2. The summed E-state index contributed by atoms with van der Waals surface area (Å²) in [5, 5.41) is 0. The minimum absolute atomic E-state index is 0.000406. The fourth-order valence-corrected chi connectivity index (χ4v) is 2.67. The molecule has 0 fully saturated rings. The van der Waals surface area contributed by atoms with Crippen LogP contribution in [0.1, 0.15) is 6.92 Å². The van der Waals surface area contributed by atoms with E-state index < -0.39 is 94.9 Å². The van der Waals surface area contributed by atoms with Gasteiger partial charge >= 0.3 is 89.3 Å². The Hall–Kier alpha value is -2.82. The van der Waals surface area contributed by atoms with Gasteiger partial charge in [-0.25, -0.2) is 4.79 Å². The number of ether oxygens (including phenoxy) is 1. The molecule has 0 rings (SSSR count). The first kappa shape index (κ1) is 46.2. The Bertz CT molecular complexity index is 1270. The number of halogens is 29. The Morgan fingerprint density at radius 2 is 0.531 bits per heavy atom. The smallest absolute Gasteiger partial charge is 0.411 e. The number of hydrogen-bond donors (Lipinski definition) is 0. The lowest BCUT2D eigenvalue weighted by atomic mass is 9.83. The van der Waals surface area contributed by atoms with Crippen LogP contribution in [-0.4, -0.2) is 89.3 Å². The van der Waals surface area contributed by atoms with Gasteiger partial charge in [-0.1, -0.05) is 6.58 Å². The van der Waals surface area contributed by atoms with Gasteiger partial charge in [0.15, 0.2) is 0 Å². The zero-order valence-electron chi connectivity index (χ0n) is 21.5. The minimum Gasteiger partial charge on any atom is -0.411 e. The summed E-state index contributed by atoms with van der Waals surface area (Å²) >= 11 is 0. The van der Waals surface area contributed by atoms with Gasteiger partial charge in [0, 0.05) is 5.57 Å². The average Bonchev–Trinajstić information content (AvgIpc) is 2.85. The minimum atomic E-state index is -9.99. The van der Waals surface area contributed by atoms with Crippen LogP contribution in [-0.2, 0) is 9.53 Å². The standard InChI is InChI=1S/C18H5F29O2/c1-3(2)4(48)49-16(41,18(45,46)47)14(37,38)12(33,34)10(29,30)8(25,26)6(21,22)5(19,20)7(23,24)9(27,28)11(31,32)13(35,36)15(39,40)17(42,43)44/h1H2,2H3. The number of hydrogen-bond acceptors (Lipinski definition) is 2. The van der Waals surface area contributed by atoms with Gasteiger partial charge in [0.25, 0.3) is 0 Å². The lowest BCUT2D eigenvalue weighted by Gasteiger charge is -2.46. The van der Waals surface area contributed by atoms with Gasteiger partial charge < -0.3 is 4.74 Å². The molecule has 292 valence electrons. The van der Waals surface area contributed by atoms with Crippen LogP contribution in [0.2, 0.25) is 0 Å². The molecule has 0 aliphatic rings. The predicted octanol–water partition coefficient (Wildman–Crippen LogP) is 9.88. The van der Waals surface area contributed by atoms with Crippen LogP contribution >= 0.6 is 0 Å². The summed E-state index contributed by atoms with van der Waals surface area (Å²) in [5.74, 6) is -117. The molecule has 0 aromatic carbocycles. The van der Waals surface area contributed by atoms with E-state index in [-0.39, 0.29) is 6.92 Å². The highest BCUT2D eigenvalue weighted by molar-refractivity contribution is 5.87. The summed E-state index contributed by atoms with van der Waals surface area (Å²) in [5.41, 5.74) is -1.81. The topological polar surface area (TPSA) is 26.3 Å². The lowest BCUT2D eigenvalue weighted by molar-refractivity contribution is -0.492. The fourth-order valence-electron chi connectivity index (χ4n) is 2.67. The number of rotatable bonds is 13. The van der Waals surface area contributed by atoms with Gasteiger partial charge in [-0.15, -0.1) is 0 Å². The third kappa shape index (κ3) is 5.55. The molecule has 2 nitrogen and oxygen atoms in total. The van der Waals surface area contributed by atoms with Gasteiger partial charge in [0.1, 0.15) is 0 Å². The van der Waals surface area contributed by atoms with Crippen molar-refractivity contribution in [3.8, 4) is 0 Å². The Morgan fingerprint density at radius 1 is 0.347 bits per heavy atom. The van der Waals surface area contributed by atoms with Crippen molar-refractivity contribution in [1.82, 2.24) is 0 Å². The molecule has 31 heteroatoms. The highest BCUT2D eigenvalue weighted by Crippen LogP contribution is 2.69. The Balaban J connectivity index is 7.71. The average molecular weight is 804 g/mol. The van der Waals surface area contributed by atoms with Gasteiger partial charge in [-0.3, -0.25) is 0 Å². The molecule has 49 heavy (non-hydrogen) atoms. The molecule has 0 heterocycles. The van der Waals surface area contributed by atoms with Crippen molar-refractivity contribution in [3.05, 3.63) is 12.2 Å². The maximum absolute atomic E-state index is 14.1. The summed E-state index contributed by atoms with van der Waals surface area (Å²) in [6, 6.07) is 0. The van der Waals surface area contributed by atoms with E-state index in [2.05, 4.69) is 11.3 Å². The summed E-state index contributed by atoms with van der Waals surface area (Å²) in [6.07, 6.45) is -16.5. The maximum atomic E-state index is 14.1. The molecule has 0 amide bonds. The fraction of sp³-hybridized carbons (Fsp3) is 0.833. The van der Waals surface area contributed by atoms with Crippen LogP contribution in [0.15, 0.2) is 12.2 Å². The molecule has 0 saturated carbocycles. The van der Waals surface area contributed by atoms with Crippen LogP contribution in [0.4, 0.5) is 127 Å². The van der Waals surface area contributed by atoms with Crippen molar-refractivity contribution in [3.63, 3.8) is 0 Å². The van der Waals surface area contributed by atoms with Gasteiger partial charge in [0.2, 0.25) is 0 Å². The van der Waals surface area contributed by atoms with E-state index in [1.807, 2.05) is 0 Å². The second kappa shape index (κ2) is 11.3. The number of carbonyl (C=O) groups is 1. The van der Waals surface area contributed by atoms with Crippen molar-refractivity contribution in [2.24, 2.45) is 0 Å². The van der Waals surface area contributed by atoms with E-state index in [1.165, 1.54) is 0 Å². The second-order valence-corrected chi connectivity index (χ2v) is 9.08. The molecule has 0 aliphatic carbocycles. The molecule has 0 radical (unpaired) electrons. The first-order chi connectivity index (χ1) is 20.6. The van der Waals surface area contributed by atoms with E-state index in [0.717, 1.165) is 0 Å². The highest BCUT2D eigenvalue weighted by Gasteiger charge is 3.01. The van der Waals surface area contributed by atoms with Crippen LogP contribution in [0.25, 0.3) is 0 Å². The van der Waals surface area contributed by atoms with Crippen molar-refractivity contribution >= 4 is 5.97 Å². The Kier molecular flexibility index (Phi) is 10.7. The molecule has 1 atom stereocenters.